The van der Waals surface area contributed by atoms with E-state index in [4.69, 9.17) is 5.73 Å². The molecule has 2 N–H and O–H groups in total. The van der Waals surface area contributed by atoms with Crippen molar-refractivity contribution in [1.82, 2.24) is 0 Å². The Bertz CT molecular complexity index is 230. The van der Waals surface area contributed by atoms with Gasteiger partial charge in [0.25, 0.3) is 0 Å². The monoisotopic (exact) mass is 177 g/mol. The van der Waals surface area contributed by atoms with Gasteiger partial charge in [-0.25, -0.2) is 0 Å². The molecule has 2 atom stereocenters. The molecule has 0 aliphatic heterocycles. The van der Waals surface area contributed by atoms with Crippen molar-refractivity contribution in [3.8, 4) is 0 Å². The summed E-state index contributed by atoms with van der Waals surface area (Å²) in [7, 11) is 0. The van der Waals surface area contributed by atoms with Crippen LogP contribution in [0.4, 0.5) is 0 Å². The van der Waals surface area contributed by atoms with Crippen LogP contribution in [0.2, 0.25) is 0 Å². The normalized spacial score (nSPS) is 15.3. The number of hydrogen-bond donors (Lipinski definition) is 1. The highest BCUT2D eigenvalue weighted by atomic mass is 14.6. The van der Waals surface area contributed by atoms with Crippen LogP contribution >= 0.6 is 0 Å². The molecule has 0 saturated carbocycles. The quantitative estimate of drug-likeness (QED) is 0.752. The molecule has 0 aliphatic rings. The van der Waals surface area contributed by atoms with Crippen molar-refractivity contribution in [2.24, 2.45) is 5.73 Å². The van der Waals surface area contributed by atoms with E-state index in [0.717, 1.165) is 12.8 Å². The van der Waals surface area contributed by atoms with Crippen LogP contribution in [0, 0.1) is 0 Å². The number of nitrogens with two attached hydrogens (primary N) is 1. The van der Waals surface area contributed by atoms with Gasteiger partial charge in [-0.1, -0.05) is 44.2 Å². The predicted octanol–water partition coefficient (Wildman–Crippen LogP) is 2.92. The zero-order chi connectivity index (χ0) is 9.68. The molecule has 0 bridgehead atoms. The first-order valence-corrected chi connectivity index (χ1v) is 5.10. The van der Waals surface area contributed by atoms with Crippen molar-refractivity contribution in [3.63, 3.8) is 0 Å². The predicted molar refractivity (Wildman–Crippen MR) is 57.7 cm³/mol. The summed E-state index contributed by atoms with van der Waals surface area (Å²) in [6.07, 6.45) is 2.17. The fourth-order valence-electron chi connectivity index (χ4n) is 1.77. The summed E-state index contributed by atoms with van der Waals surface area (Å²) in [5.74, 6) is 0.520. The van der Waals surface area contributed by atoms with Gasteiger partial charge in [-0.05, 0) is 24.3 Å². The second-order valence-electron chi connectivity index (χ2n) is 3.50. The molecule has 0 amide bonds. The average Bonchev–Trinajstić information content (AvgIpc) is 2.20. The molecule has 0 saturated heterocycles. The van der Waals surface area contributed by atoms with Crippen molar-refractivity contribution in [1.29, 1.82) is 0 Å². The van der Waals surface area contributed by atoms with Crippen molar-refractivity contribution in [2.45, 2.75) is 38.6 Å². The van der Waals surface area contributed by atoms with Crippen LogP contribution in [-0.2, 0) is 0 Å². The van der Waals surface area contributed by atoms with E-state index >= 15 is 0 Å². The Morgan fingerprint density at radius 2 is 1.69 bits per heavy atom. The van der Waals surface area contributed by atoms with Crippen LogP contribution in [0.15, 0.2) is 30.3 Å². The summed E-state index contributed by atoms with van der Waals surface area (Å²) in [4.78, 5) is 0. The molecule has 2 unspecified atom stereocenters. The van der Waals surface area contributed by atoms with Crippen LogP contribution in [0.3, 0.4) is 0 Å². The van der Waals surface area contributed by atoms with E-state index in [1.165, 1.54) is 5.56 Å². The second kappa shape index (κ2) is 5.03. The smallest absolute Gasteiger partial charge is 0.0105 e. The van der Waals surface area contributed by atoms with E-state index in [2.05, 4.69) is 38.1 Å². The summed E-state index contributed by atoms with van der Waals surface area (Å²) >= 11 is 0. The molecule has 1 heteroatoms. The summed E-state index contributed by atoms with van der Waals surface area (Å²) in [6.45, 7) is 4.35. The van der Waals surface area contributed by atoms with Gasteiger partial charge >= 0.3 is 0 Å². The van der Waals surface area contributed by atoms with Crippen molar-refractivity contribution >= 4 is 0 Å². The lowest BCUT2D eigenvalue weighted by Crippen LogP contribution is -2.27. The van der Waals surface area contributed by atoms with E-state index in [1.54, 1.807) is 0 Å². The number of hydrogen-bond acceptors (Lipinski definition) is 1. The maximum atomic E-state index is 6.06. The Balaban J connectivity index is 2.78. The lowest BCUT2D eigenvalue weighted by molar-refractivity contribution is 0.505. The Morgan fingerprint density at radius 3 is 2.15 bits per heavy atom. The molecule has 0 spiro atoms. The Labute approximate surface area is 81.0 Å². The van der Waals surface area contributed by atoms with Crippen molar-refractivity contribution < 1.29 is 0 Å². The standard InChI is InChI=1S/C12H19N/c1-3-11(12(13)4-2)10-8-6-5-7-9-10/h5-9,11-12H,3-4,13H2,1-2H3. The maximum absolute atomic E-state index is 6.06. The maximum Gasteiger partial charge on any atom is 0.0105 e. The number of benzene rings is 1. The topological polar surface area (TPSA) is 26.0 Å². The minimum absolute atomic E-state index is 0.299. The zero-order valence-electron chi connectivity index (χ0n) is 8.53. The van der Waals surface area contributed by atoms with E-state index in [9.17, 15) is 0 Å². The summed E-state index contributed by atoms with van der Waals surface area (Å²) in [5, 5.41) is 0. The van der Waals surface area contributed by atoms with Gasteiger partial charge < -0.3 is 5.73 Å². The first kappa shape index (κ1) is 10.3. The first-order chi connectivity index (χ1) is 6.29. The largest absolute Gasteiger partial charge is 0.327 e. The third-order valence-electron chi connectivity index (χ3n) is 2.66. The van der Waals surface area contributed by atoms with Crippen LogP contribution in [-0.4, -0.2) is 6.04 Å². The molecule has 1 aromatic carbocycles. The molecule has 1 nitrogen and oxygen atoms in total. The highest BCUT2D eigenvalue weighted by Crippen LogP contribution is 2.23. The zero-order valence-corrected chi connectivity index (χ0v) is 8.53. The van der Waals surface area contributed by atoms with E-state index in [0.29, 0.717) is 12.0 Å². The van der Waals surface area contributed by atoms with Gasteiger partial charge in [-0.15, -0.1) is 0 Å². The van der Waals surface area contributed by atoms with Crippen LogP contribution in [0.5, 0.6) is 0 Å². The third-order valence-corrected chi connectivity index (χ3v) is 2.66. The van der Waals surface area contributed by atoms with Gasteiger partial charge in [0.05, 0.1) is 0 Å². The minimum Gasteiger partial charge on any atom is -0.327 e. The minimum atomic E-state index is 0.299. The van der Waals surface area contributed by atoms with Gasteiger partial charge in [0.15, 0.2) is 0 Å². The Morgan fingerprint density at radius 1 is 1.08 bits per heavy atom. The molecule has 0 aromatic heterocycles. The molecular formula is C12H19N. The lowest BCUT2D eigenvalue weighted by Gasteiger charge is -2.21. The third kappa shape index (κ3) is 2.56. The molecule has 13 heavy (non-hydrogen) atoms. The molecule has 0 heterocycles. The van der Waals surface area contributed by atoms with E-state index in [1.807, 2.05) is 6.07 Å². The van der Waals surface area contributed by atoms with Gasteiger partial charge in [0, 0.05) is 6.04 Å². The van der Waals surface area contributed by atoms with Crippen LogP contribution < -0.4 is 5.73 Å². The highest BCUT2D eigenvalue weighted by Gasteiger charge is 2.15. The first-order valence-electron chi connectivity index (χ1n) is 5.10. The molecule has 72 valence electrons. The molecule has 0 radical (unpaired) electrons. The highest BCUT2D eigenvalue weighted by molar-refractivity contribution is 5.20. The molecule has 1 rings (SSSR count). The van der Waals surface area contributed by atoms with Crippen LogP contribution in [0.25, 0.3) is 0 Å². The van der Waals surface area contributed by atoms with Crippen LogP contribution in [0.1, 0.15) is 38.2 Å². The molecular weight excluding hydrogens is 158 g/mol. The van der Waals surface area contributed by atoms with E-state index < -0.39 is 0 Å². The second-order valence-corrected chi connectivity index (χ2v) is 3.50. The van der Waals surface area contributed by atoms with Crippen molar-refractivity contribution in [2.75, 3.05) is 0 Å². The molecule has 1 aromatic rings. The van der Waals surface area contributed by atoms with Gasteiger partial charge in [-0.2, -0.15) is 0 Å². The summed E-state index contributed by atoms with van der Waals surface area (Å²) in [5.41, 5.74) is 7.43. The van der Waals surface area contributed by atoms with Crippen molar-refractivity contribution in [3.05, 3.63) is 35.9 Å². The fourth-order valence-corrected chi connectivity index (χ4v) is 1.77. The van der Waals surface area contributed by atoms with Gasteiger partial charge in [-0.3, -0.25) is 0 Å². The average molecular weight is 177 g/mol. The SMILES string of the molecule is CCC(N)C(CC)c1ccccc1. The summed E-state index contributed by atoms with van der Waals surface area (Å²) < 4.78 is 0. The Hall–Kier alpha value is -0.820. The van der Waals surface area contributed by atoms with Gasteiger partial charge in [0.1, 0.15) is 0 Å². The molecule has 0 aliphatic carbocycles. The van der Waals surface area contributed by atoms with Gasteiger partial charge in [0.2, 0.25) is 0 Å². The fraction of sp³-hybridized carbons (Fsp3) is 0.500. The number of rotatable bonds is 4. The van der Waals surface area contributed by atoms with E-state index in [-0.39, 0.29) is 0 Å². The molecule has 0 fully saturated rings. The lowest BCUT2D eigenvalue weighted by atomic mass is 9.88. The summed E-state index contributed by atoms with van der Waals surface area (Å²) in [6, 6.07) is 10.9. The Kier molecular flexibility index (Phi) is 3.97.